The molecule has 4 aliphatic rings. The van der Waals surface area contributed by atoms with E-state index in [0.717, 1.165) is 11.1 Å². The Hall–Kier alpha value is -5.20. The molecule has 2 heterocycles. The third kappa shape index (κ3) is 5.31. The second kappa shape index (κ2) is 12.4. The van der Waals surface area contributed by atoms with Crippen LogP contribution in [0.3, 0.4) is 0 Å². The smallest absolute Gasteiger partial charge is 0.353 e. The predicted molar refractivity (Wildman–Crippen MR) is 170 cm³/mol. The van der Waals surface area contributed by atoms with Gasteiger partial charge in [0.15, 0.2) is 17.6 Å². The van der Waals surface area contributed by atoms with Gasteiger partial charge < -0.3 is 39.2 Å². The van der Waals surface area contributed by atoms with E-state index in [1.54, 1.807) is 48.5 Å². The number of nitrogens with zero attached hydrogens (tertiary/aromatic N) is 1. The first-order valence-electron chi connectivity index (χ1n) is 16.1. The quantitative estimate of drug-likeness (QED) is 0.212. The number of phenols is 1. The Morgan fingerprint density at radius 2 is 1.57 bits per heavy atom. The average molecular weight is 670 g/mol. The van der Waals surface area contributed by atoms with Crippen molar-refractivity contribution in [1.82, 2.24) is 4.90 Å². The molecule has 254 valence electrons. The van der Waals surface area contributed by atoms with Gasteiger partial charge in [0.2, 0.25) is 12.2 Å². The summed E-state index contributed by atoms with van der Waals surface area (Å²) in [6.45, 7) is 0.665. The monoisotopic (exact) mass is 669 g/mol. The highest BCUT2D eigenvalue weighted by atomic mass is 16.6. The summed E-state index contributed by atoms with van der Waals surface area (Å²) in [4.78, 5) is 53.6. The molecule has 0 radical (unpaired) electrons. The molecular weight excluding hydrogens is 634 g/mol. The number of likely N-dealkylation sites (tertiary alicyclic amines) is 1. The van der Waals surface area contributed by atoms with Crippen molar-refractivity contribution in [3.63, 3.8) is 0 Å². The minimum absolute atomic E-state index is 0.0550. The largest absolute Gasteiger partial charge is 0.504 e. The number of esters is 3. The topological polar surface area (TPSA) is 169 Å². The van der Waals surface area contributed by atoms with Gasteiger partial charge in [-0.1, -0.05) is 66.7 Å². The van der Waals surface area contributed by atoms with Gasteiger partial charge in [-0.15, -0.1) is 0 Å². The molecule has 12 heteroatoms. The maximum absolute atomic E-state index is 13.3. The highest BCUT2D eigenvalue weighted by Gasteiger charge is 2.72. The third-order valence-electron chi connectivity index (χ3n) is 10.2. The molecule has 0 unspecified atom stereocenters. The van der Waals surface area contributed by atoms with Gasteiger partial charge in [0.05, 0.1) is 23.9 Å². The summed E-state index contributed by atoms with van der Waals surface area (Å²) in [5, 5.41) is 32.7. The van der Waals surface area contributed by atoms with E-state index in [-0.39, 0.29) is 40.8 Å². The minimum atomic E-state index is -1.64. The van der Waals surface area contributed by atoms with Crippen LogP contribution in [-0.4, -0.2) is 75.4 Å². The number of piperidine rings is 1. The Labute approximate surface area is 281 Å². The van der Waals surface area contributed by atoms with Crippen molar-refractivity contribution in [2.45, 2.75) is 67.5 Å². The summed E-state index contributed by atoms with van der Waals surface area (Å²) in [6, 6.07) is 19.1. The van der Waals surface area contributed by atoms with E-state index in [4.69, 9.17) is 18.9 Å². The highest BCUT2D eigenvalue weighted by molar-refractivity contribution is 5.85. The van der Waals surface area contributed by atoms with Crippen molar-refractivity contribution in [3.05, 3.63) is 107 Å². The molecule has 1 fully saturated rings. The van der Waals surface area contributed by atoms with Gasteiger partial charge >= 0.3 is 23.9 Å². The number of rotatable bonds is 10. The maximum atomic E-state index is 13.3. The van der Waals surface area contributed by atoms with Crippen molar-refractivity contribution in [2.75, 3.05) is 13.6 Å². The SMILES string of the molecule is CN1CC[C@]23c4c5ccc(O)c4O[C@H]2C(OC(=O)CCC(=O)O[C@H](C(=O)O[C@H](C(=O)O)c2ccccc2)c2ccccc2)=CC[C@@]3(O)[C@H]1C5. The number of carbonyl (C=O) groups excluding carboxylic acids is 3. The number of hydrogen-bond donors (Lipinski definition) is 3. The molecule has 3 aromatic rings. The molecule has 7 rings (SSSR count). The summed E-state index contributed by atoms with van der Waals surface area (Å²) in [5.41, 5.74) is 0.0414. The van der Waals surface area contributed by atoms with Crippen LogP contribution in [0.25, 0.3) is 0 Å². The molecule has 12 nitrogen and oxygen atoms in total. The summed E-state index contributed by atoms with van der Waals surface area (Å²) in [6.07, 6.45) is -2.03. The van der Waals surface area contributed by atoms with E-state index in [2.05, 4.69) is 4.90 Å². The fraction of sp³-hybridized carbons (Fsp3) is 0.351. The number of carboxylic acids is 1. The zero-order valence-corrected chi connectivity index (χ0v) is 26.6. The number of ether oxygens (including phenoxy) is 4. The van der Waals surface area contributed by atoms with Gasteiger partial charge in [0, 0.05) is 29.2 Å². The Balaban J connectivity index is 1.05. The normalized spacial score (nSPS) is 25.9. The van der Waals surface area contributed by atoms with Crippen molar-refractivity contribution >= 4 is 23.9 Å². The molecule has 6 atom stereocenters. The van der Waals surface area contributed by atoms with Crippen LogP contribution in [0.2, 0.25) is 0 Å². The van der Waals surface area contributed by atoms with Crippen molar-refractivity contribution in [2.24, 2.45) is 0 Å². The molecule has 2 aliphatic heterocycles. The van der Waals surface area contributed by atoms with Crippen LogP contribution in [0.5, 0.6) is 11.5 Å². The molecule has 1 saturated heterocycles. The molecule has 49 heavy (non-hydrogen) atoms. The van der Waals surface area contributed by atoms with E-state index in [1.807, 2.05) is 13.1 Å². The summed E-state index contributed by atoms with van der Waals surface area (Å²) < 4.78 is 22.9. The molecule has 0 amide bonds. The lowest BCUT2D eigenvalue weighted by Crippen LogP contribution is -2.74. The van der Waals surface area contributed by atoms with Crippen molar-refractivity contribution < 1.29 is 53.4 Å². The lowest BCUT2D eigenvalue weighted by atomic mass is 9.50. The molecular formula is C37H35NO11. The maximum Gasteiger partial charge on any atom is 0.353 e. The lowest BCUT2D eigenvalue weighted by Gasteiger charge is -2.61. The number of carbonyl (C=O) groups is 4. The number of phenolic OH excluding ortho intramolecular Hbond substituents is 1. The van der Waals surface area contributed by atoms with Crippen molar-refractivity contribution in [3.8, 4) is 11.5 Å². The van der Waals surface area contributed by atoms with Crippen LogP contribution < -0.4 is 4.74 Å². The highest BCUT2D eigenvalue weighted by Crippen LogP contribution is 2.65. The van der Waals surface area contributed by atoms with Crippen LogP contribution in [0.15, 0.2) is 84.6 Å². The first-order valence-corrected chi connectivity index (χ1v) is 16.1. The van der Waals surface area contributed by atoms with Crippen LogP contribution in [-0.2, 0) is 45.2 Å². The first kappa shape index (κ1) is 32.4. The van der Waals surface area contributed by atoms with Gasteiger partial charge in [-0.3, -0.25) is 9.59 Å². The Morgan fingerprint density at radius 1 is 0.918 bits per heavy atom. The van der Waals surface area contributed by atoms with Crippen molar-refractivity contribution in [1.29, 1.82) is 0 Å². The average Bonchev–Trinajstić information content (AvgIpc) is 3.46. The van der Waals surface area contributed by atoms with Gasteiger partial charge in [-0.05, 0) is 44.1 Å². The molecule has 0 aromatic heterocycles. The fourth-order valence-corrected chi connectivity index (χ4v) is 7.96. The number of likely N-dealkylation sites (N-methyl/N-ethyl adjacent to an activating group) is 1. The molecule has 3 N–H and O–H groups in total. The standard InChI is InChI=1S/C37H35NO11/c1-38-19-18-36-29-23-12-13-24(39)32(29)48-33(36)25(16-17-37(36,45)26(38)20-23)46-27(40)14-15-28(41)47-31(22-10-6-3-7-11-22)35(44)49-30(34(42)43)21-8-4-2-5-9-21/h2-13,16,26,30-31,33,39,45H,14-15,17-20H2,1H3,(H,42,43)/t26-,30+,31+,33+,36+,37-/m1/s1. The lowest BCUT2D eigenvalue weighted by molar-refractivity contribution is -0.178. The molecule has 2 bridgehead atoms. The third-order valence-corrected chi connectivity index (χ3v) is 10.2. The molecule has 2 aliphatic carbocycles. The number of aromatic hydroxyl groups is 1. The summed E-state index contributed by atoms with van der Waals surface area (Å²) >= 11 is 0. The van der Waals surface area contributed by atoms with E-state index >= 15 is 0 Å². The Morgan fingerprint density at radius 3 is 2.24 bits per heavy atom. The van der Waals surface area contributed by atoms with Gasteiger partial charge in [0.1, 0.15) is 5.76 Å². The van der Waals surface area contributed by atoms with E-state index in [1.165, 1.54) is 24.3 Å². The zero-order chi connectivity index (χ0) is 34.5. The number of hydrogen-bond acceptors (Lipinski definition) is 11. The Kier molecular flexibility index (Phi) is 8.16. The summed E-state index contributed by atoms with van der Waals surface area (Å²) in [5.74, 6) is -3.75. The van der Waals surface area contributed by atoms with Crippen LogP contribution in [0.1, 0.15) is 60.1 Å². The molecule has 1 spiro atoms. The van der Waals surface area contributed by atoms with E-state index in [0.29, 0.717) is 19.4 Å². The van der Waals surface area contributed by atoms with Gasteiger partial charge in [-0.25, -0.2) is 9.59 Å². The van der Waals surface area contributed by atoms with E-state index < -0.39 is 66.0 Å². The number of carboxylic acid groups (broad SMARTS) is 1. The van der Waals surface area contributed by atoms with Gasteiger partial charge in [-0.2, -0.15) is 0 Å². The number of aliphatic carboxylic acids is 1. The first-order chi connectivity index (χ1) is 23.5. The number of benzene rings is 3. The second-order valence-corrected chi connectivity index (χ2v) is 12.9. The zero-order valence-electron chi connectivity index (χ0n) is 26.6. The number of aliphatic hydroxyl groups is 1. The van der Waals surface area contributed by atoms with Gasteiger partial charge in [0.25, 0.3) is 0 Å². The summed E-state index contributed by atoms with van der Waals surface area (Å²) in [7, 11) is 1.97. The van der Waals surface area contributed by atoms with E-state index in [9.17, 15) is 34.5 Å². The molecule has 0 saturated carbocycles. The fourth-order valence-electron chi connectivity index (χ4n) is 7.96. The minimum Gasteiger partial charge on any atom is -0.504 e. The van der Waals surface area contributed by atoms with Crippen LogP contribution in [0, 0.1) is 0 Å². The predicted octanol–water partition coefficient (Wildman–Crippen LogP) is 3.65. The van der Waals surface area contributed by atoms with Crippen LogP contribution >= 0.6 is 0 Å². The second-order valence-electron chi connectivity index (χ2n) is 12.9. The Bertz CT molecular complexity index is 1840. The molecule has 3 aromatic carbocycles. The van der Waals surface area contributed by atoms with Crippen LogP contribution in [0.4, 0.5) is 0 Å².